The van der Waals surface area contributed by atoms with E-state index in [1.165, 1.54) is 11.3 Å². The topological polar surface area (TPSA) is 106 Å². The summed E-state index contributed by atoms with van der Waals surface area (Å²) in [5.41, 5.74) is 7.67. The van der Waals surface area contributed by atoms with Crippen LogP contribution in [-0.4, -0.2) is 39.2 Å². The van der Waals surface area contributed by atoms with Crippen LogP contribution in [0, 0.1) is 0 Å². The SMILES string of the molecule is NC(=O)c1csc(N2CCCn3nc(CCC(=O)NC4CC4)cc3C2)n1. The largest absolute Gasteiger partial charge is 0.364 e. The molecular weight excluding hydrogens is 352 g/mol. The van der Waals surface area contributed by atoms with Crippen LogP contribution in [0.1, 0.15) is 47.6 Å². The number of rotatable bonds is 6. The smallest absolute Gasteiger partial charge is 0.268 e. The Morgan fingerprint density at radius 1 is 1.35 bits per heavy atom. The van der Waals surface area contributed by atoms with E-state index in [4.69, 9.17) is 5.73 Å². The number of hydrogen-bond acceptors (Lipinski definition) is 6. The predicted octanol–water partition coefficient (Wildman–Crippen LogP) is 1.06. The number of amides is 2. The number of aryl methyl sites for hydroxylation is 2. The van der Waals surface area contributed by atoms with E-state index >= 15 is 0 Å². The number of thiazole rings is 1. The van der Waals surface area contributed by atoms with E-state index < -0.39 is 5.91 Å². The third kappa shape index (κ3) is 3.87. The molecule has 1 saturated carbocycles. The quantitative estimate of drug-likeness (QED) is 0.786. The molecule has 8 nitrogen and oxygen atoms in total. The second-order valence-corrected chi connectivity index (χ2v) is 7.68. The molecule has 1 fully saturated rings. The first-order valence-corrected chi connectivity index (χ1v) is 9.81. The Morgan fingerprint density at radius 2 is 2.19 bits per heavy atom. The maximum Gasteiger partial charge on any atom is 0.268 e. The molecule has 2 aromatic rings. The maximum absolute atomic E-state index is 11.9. The number of aromatic nitrogens is 3. The van der Waals surface area contributed by atoms with E-state index in [0.717, 1.165) is 48.9 Å². The maximum atomic E-state index is 11.9. The molecule has 9 heteroatoms. The summed E-state index contributed by atoms with van der Waals surface area (Å²) < 4.78 is 2.02. The van der Waals surface area contributed by atoms with Crippen LogP contribution in [-0.2, 0) is 24.3 Å². The minimum absolute atomic E-state index is 0.110. The van der Waals surface area contributed by atoms with Crippen LogP contribution in [0.2, 0.25) is 0 Å². The number of fused-ring (bicyclic) bond motifs is 1. The number of nitrogens with one attached hydrogen (secondary N) is 1. The molecule has 2 aliphatic rings. The fraction of sp³-hybridized carbons (Fsp3) is 0.529. The van der Waals surface area contributed by atoms with Crippen molar-refractivity contribution in [3.05, 3.63) is 28.5 Å². The van der Waals surface area contributed by atoms with Gasteiger partial charge in [-0.15, -0.1) is 11.3 Å². The Hall–Kier alpha value is -2.42. The average Bonchev–Trinajstić information content (AvgIpc) is 3.19. The first-order valence-electron chi connectivity index (χ1n) is 8.94. The van der Waals surface area contributed by atoms with E-state index in [2.05, 4.69) is 26.4 Å². The Bertz CT molecular complexity index is 825. The highest BCUT2D eigenvalue weighted by Crippen LogP contribution is 2.25. The number of carbonyl (C=O) groups is 2. The third-order valence-corrected chi connectivity index (χ3v) is 5.53. The average molecular weight is 374 g/mol. The minimum Gasteiger partial charge on any atom is -0.364 e. The highest BCUT2D eigenvalue weighted by atomic mass is 32.1. The van der Waals surface area contributed by atoms with E-state index in [-0.39, 0.29) is 5.91 Å². The molecule has 0 spiro atoms. The lowest BCUT2D eigenvalue weighted by Gasteiger charge is -2.18. The molecule has 0 aromatic carbocycles. The van der Waals surface area contributed by atoms with E-state index in [9.17, 15) is 9.59 Å². The van der Waals surface area contributed by atoms with Gasteiger partial charge in [-0.1, -0.05) is 0 Å². The van der Waals surface area contributed by atoms with Crippen molar-refractivity contribution in [2.24, 2.45) is 5.73 Å². The van der Waals surface area contributed by atoms with Crippen molar-refractivity contribution >= 4 is 28.3 Å². The third-order valence-electron chi connectivity index (χ3n) is 4.63. The van der Waals surface area contributed by atoms with Crippen molar-refractivity contribution in [3.8, 4) is 0 Å². The van der Waals surface area contributed by atoms with Crippen LogP contribution >= 0.6 is 11.3 Å². The molecule has 1 aliphatic carbocycles. The van der Waals surface area contributed by atoms with Gasteiger partial charge in [0.05, 0.1) is 17.9 Å². The summed E-state index contributed by atoms with van der Waals surface area (Å²) in [7, 11) is 0. The van der Waals surface area contributed by atoms with Crippen molar-refractivity contribution in [1.82, 2.24) is 20.1 Å². The minimum atomic E-state index is -0.501. The standard InChI is InChI=1S/C17H22N6O2S/c18-16(25)14-10-26-17(20-14)22-6-1-7-23-13(9-22)8-12(21-23)4-5-15(24)19-11-2-3-11/h8,10-11H,1-7,9H2,(H2,18,25)(H,19,24). The highest BCUT2D eigenvalue weighted by Gasteiger charge is 2.23. The lowest BCUT2D eigenvalue weighted by molar-refractivity contribution is -0.121. The number of hydrogen-bond donors (Lipinski definition) is 2. The van der Waals surface area contributed by atoms with Crippen molar-refractivity contribution in [3.63, 3.8) is 0 Å². The van der Waals surface area contributed by atoms with E-state index in [0.29, 0.717) is 31.1 Å². The fourth-order valence-corrected chi connectivity index (χ4v) is 3.94. The van der Waals surface area contributed by atoms with Crippen LogP contribution in [0.5, 0.6) is 0 Å². The van der Waals surface area contributed by atoms with Crippen molar-refractivity contribution in [2.75, 3.05) is 11.4 Å². The van der Waals surface area contributed by atoms with Crippen molar-refractivity contribution in [1.29, 1.82) is 0 Å². The summed E-state index contributed by atoms with van der Waals surface area (Å²) in [6.45, 7) is 2.38. The Labute approximate surface area is 155 Å². The molecule has 4 rings (SSSR count). The molecule has 0 atom stereocenters. The number of primary amides is 1. The zero-order valence-electron chi connectivity index (χ0n) is 14.5. The molecule has 3 heterocycles. The number of carbonyl (C=O) groups excluding carboxylic acids is 2. The molecule has 3 N–H and O–H groups in total. The number of anilines is 1. The molecule has 1 aliphatic heterocycles. The van der Waals surface area contributed by atoms with E-state index in [1.54, 1.807) is 5.38 Å². The van der Waals surface area contributed by atoms with Crippen LogP contribution in [0.15, 0.2) is 11.4 Å². The normalized spacial score (nSPS) is 16.8. The molecule has 0 unspecified atom stereocenters. The van der Waals surface area contributed by atoms with Gasteiger partial charge in [0.2, 0.25) is 5.91 Å². The van der Waals surface area contributed by atoms with Crippen LogP contribution in [0.3, 0.4) is 0 Å². The highest BCUT2D eigenvalue weighted by molar-refractivity contribution is 7.13. The van der Waals surface area contributed by atoms with Crippen LogP contribution in [0.4, 0.5) is 5.13 Å². The number of nitrogens with two attached hydrogens (primary N) is 1. The number of nitrogens with zero attached hydrogens (tertiary/aromatic N) is 4. The van der Waals surface area contributed by atoms with Crippen LogP contribution < -0.4 is 16.0 Å². The summed E-state index contributed by atoms with van der Waals surface area (Å²) in [5.74, 6) is -0.391. The first kappa shape index (κ1) is 17.0. The Kier molecular flexibility index (Phi) is 4.62. The monoisotopic (exact) mass is 374 g/mol. The zero-order valence-corrected chi connectivity index (χ0v) is 15.3. The predicted molar refractivity (Wildman–Crippen MR) is 98.0 cm³/mol. The lowest BCUT2D eigenvalue weighted by atomic mass is 10.2. The van der Waals surface area contributed by atoms with Gasteiger partial charge in [0.15, 0.2) is 5.13 Å². The zero-order chi connectivity index (χ0) is 18.1. The van der Waals surface area contributed by atoms with Gasteiger partial charge in [0.25, 0.3) is 5.91 Å². The second-order valence-electron chi connectivity index (χ2n) is 6.85. The summed E-state index contributed by atoms with van der Waals surface area (Å²) in [6, 6.07) is 2.48. The van der Waals surface area contributed by atoms with Crippen LogP contribution in [0.25, 0.3) is 0 Å². The molecular formula is C17H22N6O2S. The van der Waals surface area contributed by atoms with Crippen molar-refractivity contribution in [2.45, 2.75) is 51.2 Å². The first-order chi connectivity index (χ1) is 12.6. The molecule has 26 heavy (non-hydrogen) atoms. The van der Waals surface area contributed by atoms with Gasteiger partial charge in [-0.05, 0) is 25.3 Å². The van der Waals surface area contributed by atoms with Gasteiger partial charge < -0.3 is 16.0 Å². The van der Waals surface area contributed by atoms with Gasteiger partial charge in [-0.2, -0.15) is 5.10 Å². The molecule has 2 aromatic heterocycles. The second kappa shape index (κ2) is 7.06. The lowest BCUT2D eigenvalue weighted by Crippen LogP contribution is -2.25. The molecule has 138 valence electrons. The summed E-state index contributed by atoms with van der Waals surface area (Å²) in [5, 5.41) is 10.2. The van der Waals surface area contributed by atoms with Gasteiger partial charge in [-0.3, -0.25) is 14.3 Å². The molecule has 0 saturated heterocycles. The molecule has 0 radical (unpaired) electrons. The molecule has 0 bridgehead atoms. The summed E-state index contributed by atoms with van der Waals surface area (Å²) in [6.07, 6.45) is 4.29. The summed E-state index contributed by atoms with van der Waals surface area (Å²) >= 11 is 1.43. The van der Waals surface area contributed by atoms with Gasteiger partial charge in [-0.25, -0.2) is 4.98 Å². The van der Waals surface area contributed by atoms with Gasteiger partial charge in [0, 0.05) is 37.4 Å². The Balaban J connectivity index is 1.41. The van der Waals surface area contributed by atoms with E-state index in [1.807, 2.05) is 4.68 Å². The fourth-order valence-electron chi connectivity index (χ4n) is 3.10. The van der Waals surface area contributed by atoms with Crippen molar-refractivity contribution < 1.29 is 9.59 Å². The molecule has 2 amide bonds. The van der Waals surface area contributed by atoms with Gasteiger partial charge in [0.1, 0.15) is 5.69 Å². The van der Waals surface area contributed by atoms with Gasteiger partial charge >= 0.3 is 0 Å². The summed E-state index contributed by atoms with van der Waals surface area (Å²) in [4.78, 5) is 29.6. The Morgan fingerprint density at radius 3 is 2.92 bits per heavy atom.